The molecule has 132 valence electrons. The molecule has 5 heteroatoms. The van der Waals surface area contributed by atoms with E-state index in [9.17, 15) is 4.79 Å². The van der Waals surface area contributed by atoms with Gasteiger partial charge in [-0.25, -0.2) is 0 Å². The molecule has 1 aliphatic heterocycles. The molecule has 5 nitrogen and oxygen atoms in total. The van der Waals surface area contributed by atoms with Crippen LogP contribution in [0.1, 0.15) is 45.9 Å². The molecule has 1 amide bonds. The summed E-state index contributed by atoms with van der Waals surface area (Å²) in [6.45, 7) is 4.87. The summed E-state index contributed by atoms with van der Waals surface area (Å²) < 4.78 is 7.49. The molecule has 0 spiro atoms. The second-order valence-electron chi connectivity index (χ2n) is 7.36. The van der Waals surface area contributed by atoms with E-state index < -0.39 is 0 Å². The lowest BCUT2D eigenvalue weighted by Gasteiger charge is -2.32. The largest absolute Gasteiger partial charge is 0.384 e. The number of amides is 1. The van der Waals surface area contributed by atoms with E-state index in [1.54, 1.807) is 7.11 Å². The summed E-state index contributed by atoms with van der Waals surface area (Å²) in [5.41, 5.74) is 4.07. The molecule has 2 heterocycles. The number of aromatic nitrogens is 2. The number of carbonyl (C=O) groups excluding carboxylic acids is 1. The SMILES string of the molecule is COC[C@H]1CN(C(=O)c2ccccc2C)Cc2cn(CC3CC3)nc21. The molecule has 1 aliphatic carbocycles. The smallest absolute Gasteiger partial charge is 0.254 e. The van der Waals surface area contributed by atoms with Crippen molar-refractivity contribution >= 4 is 5.91 Å². The standard InChI is InChI=1S/C20H25N3O2/c1-14-5-3-4-6-18(14)20(24)22-10-16-12-23(9-15-7-8-15)21-19(16)17(11-22)13-25-2/h3-6,12,15,17H,7-11,13H2,1-2H3/t17-/m1/s1. The maximum absolute atomic E-state index is 13.0. The van der Waals surface area contributed by atoms with Gasteiger partial charge in [-0.3, -0.25) is 9.48 Å². The van der Waals surface area contributed by atoms with Gasteiger partial charge in [-0.05, 0) is 37.3 Å². The predicted molar refractivity (Wildman–Crippen MR) is 95.5 cm³/mol. The summed E-state index contributed by atoms with van der Waals surface area (Å²) in [4.78, 5) is 15.0. The van der Waals surface area contributed by atoms with Crippen LogP contribution >= 0.6 is 0 Å². The maximum atomic E-state index is 13.0. The summed E-state index contributed by atoms with van der Waals surface area (Å²) in [5.74, 6) is 1.02. The van der Waals surface area contributed by atoms with Crippen LogP contribution in [-0.4, -0.2) is 40.8 Å². The van der Waals surface area contributed by atoms with Crippen LogP contribution in [0.25, 0.3) is 0 Å². The molecular formula is C20H25N3O2. The van der Waals surface area contributed by atoms with Crippen LogP contribution in [0.15, 0.2) is 30.5 Å². The van der Waals surface area contributed by atoms with Gasteiger partial charge in [0.25, 0.3) is 5.91 Å². The predicted octanol–water partition coefficient (Wildman–Crippen LogP) is 2.99. The average Bonchev–Trinajstić information content (AvgIpc) is 3.31. The fourth-order valence-electron chi connectivity index (χ4n) is 3.70. The van der Waals surface area contributed by atoms with Gasteiger partial charge in [0.2, 0.25) is 0 Å². The van der Waals surface area contributed by atoms with Gasteiger partial charge < -0.3 is 9.64 Å². The zero-order valence-corrected chi connectivity index (χ0v) is 14.9. The van der Waals surface area contributed by atoms with E-state index in [0.29, 0.717) is 19.7 Å². The highest BCUT2D eigenvalue weighted by molar-refractivity contribution is 5.95. The zero-order valence-electron chi connectivity index (χ0n) is 14.9. The van der Waals surface area contributed by atoms with Gasteiger partial charge in [0.1, 0.15) is 0 Å². The molecule has 0 bridgehead atoms. The fourth-order valence-corrected chi connectivity index (χ4v) is 3.70. The molecule has 0 N–H and O–H groups in total. The molecule has 1 fully saturated rings. The van der Waals surface area contributed by atoms with Gasteiger partial charge in [-0.15, -0.1) is 0 Å². The number of methoxy groups -OCH3 is 1. The number of hydrogen-bond acceptors (Lipinski definition) is 3. The van der Waals surface area contributed by atoms with Crippen molar-refractivity contribution in [3.63, 3.8) is 0 Å². The van der Waals surface area contributed by atoms with Crippen molar-refractivity contribution in [2.45, 2.75) is 38.8 Å². The molecule has 0 radical (unpaired) electrons. The number of fused-ring (bicyclic) bond motifs is 1. The second kappa shape index (κ2) is 6.64. The van der Waals surface area contributed by atoms with Crippen molar-refractivity contribution in [1.82, 2.24) is 14.7 Å². The lowest BCUT2D eigenvalue weighted by atomic mass is 9.96. The van der Waals surface area contributed by atoms with Crippen LogP contribution in [0.5, 0.6) is 0 Å². The van der Waals surface area contributed by atoms with Gasteiger partial charge in [0.05, 0.1) is 12.3 Å². The number of benzene rings is 1. The van der Waals surface area contributed by atoms with Gasteiger partial charge in [0.15, 0.2) is 0 Å². The first-order valence-corrected chi connectivity index (χ1v) is 9.05. The first kappa shape index (κ1) is 16.3. The van der Waals surface area contributed by atoms with Crippen molar-refractivity contribution in [1.29, 1.82) is 0 Å². The van der Waals surface area contributed by atoms with Crippen LogP contribution in [0, 0.1) is 12.8 Å². The molecule has 1 aromatic heterocycles. The normalized spacial score (nSPS) is 19.8. The van der Waals surface area contributed by atoms with Crippen molar-refractivity contribution in [3.8, 4) is 0 Å². The molecule has 1 saturated carbocycles. The Bertz CT molecular complexity index is 779. The molecule has 2 aromatic rings. The molecule has 1 aromatic carbocycles. The van der Waals surface area contributed by atoms with Gasteiger partial charge in [-0.2, -0.15) is 5.10 Å². The van der Waals surface area contributed by atoms with E-state index in [2.05, 4.69) is 10.9 Å². The number of nitrogens with zero attached hydrogens (tertiary/aromatic N) is 3. The fraction of sp³-hybridized carbons (Fsp3) is 0.500. The maximum Gasteiger partial charge on any atom is 0.254 e. The molecule has 25 heavy (non-hydrogen) atoms. The highest BCUT2D eigenvalue weighted by Crippen LogP contribution is 2.33. The molecule has 0 saturated heterocycles. The lowest BCUT2D eigenvalue weighted by Crippen LogP contribution is -2.39. The van der Waals surface area contributed by atoms with Crippen molar-refractivity contribution < 1.29 is 9.53 Å². The minimum Gasteiger partial charge on any atom is -0.384 e. The number of aryl methyl sites for hydroxylation is 1. The summed E-state index contributed by atoms with van der Waals surface area (Å²) in [7, 11) is 1.71. The molecule has 4 rings (SSSR count). The van der Waals surface area contributed by atoms with Crippen molar-refractivity contribution in [3.05, 3.63) is 52.8 Å². The van der Waals surface area contributed by atoms with Gasteiger partial charge in [-0.1, -0.05) is 18.2 Å². The average molecular weight is 339 g/mol. The minimum absolute atomic E-state index is 0.0970. The third-order valence-electron chi connectivity index (χ3n) is 5.23. The number of rotatable bonds is 5. The Kier molecular flexibility index (Phi) is 4.34. The Morgan fingerprint density at radius 2 is 2.12 bits per heavy atom. The summed E-state index contributed by atoms with van der Waals surface area (Å²) >= 11 is 0. The van der Waals surface area contributed by atoms with Gasteiger partial charge in [0, 0.05) is 50.0 Å². The van der Waals surface area contributed by atoms with E-state index in [-0.39, 0.29) is 11.8 Å². The highest BCUT2D eigenvalue weighted by atomic mass is 16.5. The second-order valence-corrected chi connectivity index (χ2v) is 7.36. The molecule has 2 aliphatic rings. The topological polar surface area (TPSA) is 47.4 Å². The van der Waals surface area contributed by atoms with Gasteiger partial charge >= 0.3 is 0 Å². The quantitative estimate of drug-likeness (QED) is 0.841. The molecular weight excluding hydrogens is 314 g/mol. The van der Waals surface area contributed by atoms with E-state index in [0.717, 1.165) is 34.8 Å². The Morgan fingerprint density at radius 3 is 2.84 bits per heavy atom. The molecule has 0 unspecified atom stereocenters. The summed E-state index contributed by atoms with van der Waals surface area (Å²) in [6, 6.07) is 7.80. The van der Waals surface area contributed by atoms with Crippen LogP contribution in [0.3, 0.4) is 0 Å². The van der Waals surface area contributed by atoms with E-state index in [4.69, 9.17) is 9.84 Å². The van der Waals surface area contributed by atoms with E-state index in [1.807, 2.05) is 36.1 Å². The first-order chi connectivity index (χ1) is 12.2. The number of carbonyl (C=O) groups is 1. The Hall–Kier alpha value is -2.14. The summed E-state index contributed by atoms with van der Waals surface area (Å²) in [5, 5.41) is 4.81. The van der Waals surface area contributed by atoms with Crippen LogP contribution < -0.4 is 0 Å². The highest BCUT2D eigenvalue weighted by Gasteiger charge is 2.32. The monoisotopic (exact) mass is 339 g/mol. The third-order valence-corrected chi connectivity index (χ3v) is 5.23. The van der Waals surface area contributed by atoms with E-state index in [1.165, 1.54) is 12.8 Å². The zero-order chi connectivity index (χ0) is 17.4. The van der Waals surface area contributed by atoms with E-state index >= 15 is 0 Å². The van der Waals surface area contributed by atoms with Crippen LogP contribution in [-0.2, 0) is 17.8 Å². The Morgan fingerprint density at radius 1 is 1.32 bits per heavy atom. The van der Waals surface area contributed by atoms with Crippen molar-refractivity contribution in [2.24, 2.45) is 5.92 Å². The van der Waals surface area contributed by atoms with Crippen LogP contribution in [0.2, 0.25) is 0 Å². The summed E-state index contributed by atoms with van der Waals surface area (Å²) in [6.07, 6.45) is 4.75. The molecule has 1 atom stereocenters. The minimum atomic E-state index is 0.0970. The van der Waals surface area contributed by atoms with Crippen molar-refractivity contribution in [2.75, 3.05) is 20.3 Å². The lowest BCUT2D eigenvalue weighted by molar-refractivity contribution is 0.0678. The Labute approximate surface area is 148 Å². The van der Waals surface area contributed by atoms with Crippen LogP contribution in [0.4, 0.5) is 0 Å². The first-order valence-electron chi connectivity index (χ1n) is 9.05. The Balaban J connectivity index is 1.60. The number of hydrogen-bond donors (Lipinski definition) is 0. The number of ether oxygens (including phenoxy) is 1. The third kappa shape index (κ3) is 3.33.